The molecule has 0 N–H and O–H groups in total. The number of aromatic nitrogens is 1. The van der Waals surface area contributed by atoms with Gasteiger partial charge in [-0.2, -0.15) is 0 Å². The van der Waals surface area contributed by atoms with Crippen molar-refractivity contribution in [3.63, 3.8) is 0 Å². The number of fused-ring (bicyclic) bond motifs is 1. The van der Waals surface area contributed by atoms with E-state index in [1.165, 1.54) is 10.4 Å². The molecule has 3 nitrogen and oxygen atoms in total. The van der Waals surface area contributed by atoms with Gasteiger partial charge in [-0.05, 0) is 52.4 Å². The summed E-state index contributed by atoms with van der Waals surface area (Å²) in [5.41, 5.74) is 1.69. The van der Waals surface area contributed by atoms with Crippen LogP contribution in [0.4, 0.5) is 0 Å². The van der Waals surface area contributed by atoms with Gasteiger partial charge in [0.2, 0.25) is 0 Å². The van der Waals surface area contributed by atoms with Gasteiger partial charge in [-0.1, -0.05) is 11.6 Å². The predicted octanol–water partition coefficient (Wildman–Crippen LogP) is 4.32. The summed E-state index contributed by atoms with van der Waals surface area (Å²) in [4.78, 5) is 20.0. The van der Waals surface area contributed by atoms with Crippen LogP contribution in [0.2, 0.25) is 5.15 Å². The molecule has 1 amide bonds. The monoisotopic (exact) mass is 370 g/mol. The molecule has 6 heteroatoms. The van der Waals surface area contributed by atoms with Crippen molar-refractivity contribution >= 4 is 44.8 Å². The third-order valence-electron chi connectivity index (χ3n) is 3.57. The van der Waals surface area contributed by atoms with Gasteiger partial charge in [-0.15, -0.1) is 11.3 Å². The SMILES string of the molecule is CC1c2ccsc2CCN1C(=O)c1cc(Br)cnc1Cl. The minimum Gasteiger partial charge on any atom is -0.331 e. The summed E-state index contributed by atoms with van der Waals surface area (Å²) < 4.78 is 0.756. The lowest BCUT2D eigenvalue weighted by atomic mass is 10.0. The molecule has 3 heterocycles. The van der Waals surface area contributed by atoms with E-state index in [1.807, 2.05) is 4.90 Å². The average molecular weight is 372 g/mol. The molecule has 0 saturated heterocycles. The third kappa shape index (κ3) is 2.38. The molecule has 1 aliphatic rings. The second-order valence-electron chi connectivity index (χ2n) is 4.72. The zero-order valence-electron chi connectivity index (χ0n) is 10.8. The molecule has 3 rings (SSSR count). The Balaban J connectivity index is 1.94. The van der Waals surface area contributed by atoms with E-state index in [9.17, 15) is 4.79 Å². The Morgan fingerprint density at radius 3 is 3.20 bits per heavy atom. The fourth-order valence-electron chi connectivity index (χ4n) is 2.51. The number of carbonyl (C=O) groups excluding carboxylic acids is 1. The fraction of sp³-hybridized carbons (Fsp3) is 0.286. The van der Waals surface area contributed by atoms with Crippen molar-refractivity contribution in [2.75, 3.05) is 6.54 Å². The van der Waals surface area contributed by atoms with Gasteiger partial charge in [0.15, 0.2) is 0 Å². The highest BCUT2D eigenvalue weighted by atomic mass is 79.9. The number of thiophene rings is 1. The number of halogens is 2. The molecule has 0 radical (unpaired) electrons. The summed E-state index contributed by atoms with van der Waals surface area (Å²) in [6.45, 7) is 2.78. The molecule has 0 spiro atoms. The summed E-state index contributed by atoms with van der Waals surface area (Å²) in [6.07, 6.45) is 2.50. The Morgan fingerprint density at radius 1 is 1.60 bits per heavy atom. The number of amides is 1. The summed E-state index contributed by atoms with van der Waals surface area (Å²) in [7, 11) is 0. The van der Waals surface area contributed by atoms with E-state index in [4.69, 9.17) is 11.6 Å². The zero-order chi connectivity index (χ0) is 14.3. The van der Waals surface area contributed by atoms with Crippen LogP contribution < -0.4 is 0 Å². The minimum atomic E-state index is -0.0619. The lowest BCUT2D eigenvalue weighted by Gasteiger charge is -2.33. The summed E-state index contributed by atoms with van der Waals surface area (Å²) in [5.74, 6) is -0.0619. The van der Waals surface area contributed by atoms with Crippen molar-refractivity contribution in [1.82, 2.24) is 9.88 Å². The highest BCUT2D eigenvalue weighted by Crippen LogP contribution is 2.34. The number of rotatable bonds is 1. The highest BCUT2D eigenvalue weighted by molar-refractivity contribution is 9.10. The van der Waals surface area contributed by atoms with Gasteiger partial charge in [0, 0.05) is 22.1 Å². The smallest absolute Gasteiger partial charge is 0.257 e. The van der Waals surface area contributed by atoms with Crippen molar-refractivity contribution in [3.8, 4) is 0 Å². The Morgan fingerprint density at radius 2 is 2.40 bits per heavy atom. The first kappa shape index (κ1) is 14.0. The van der Waals surface area contributed by atoms with Gasteiger partial charge < -0.3 is 4.90 Å². The molecule has 0 saturated carbocycles. The molecule has 104 valence electrons. The van der Waals surface area contributed by atoms with Gasteiger partial charge in [-0.3, -0.25) is 4.79 Å². The van der Waals surface area contributed by atoms with Crippen LogP contribution >= 0.6 is 38.9 Å². The van der Waals surface area contributed by atoms with Crippen LogP contribution in [-0.2, 0) is 6.42 Å². The van der Waals surface area contributed by atoms with Crippen LogP contribution in [0, 0.1) is 0 Å². The van der Waals surface area contributed by atoms with Crippen LogP contribution in [0.15, 0.2) is 28.2 Å². The highest BCUT2D eigenvalue weighted by Gasteiger charge is 2.30. The molecule has 20 heavy (non-hydrogen) atoms. The number of pyridine rings is 1. The first-order chi connectivity index (χ1) is 9.58. The zero-order valence-corrected chi connectivity index (χ0v) is 13.9. The maximum atomic E-state index is 12.7. The number of nitrogens with zero attached hydrogens (tertiary/aromatic N) is 2. The molecule has 2 aromatic heterocycles. The third-order valence-corrected chi connectivity index (χ3v) is 5.31. The Bertz CT molecular complexity index is 673. The van der Waals surface area contributed by atoms with Crippen molar-refractivity contribution in [3.05, 3.63) is 49.3 Å². The average Bonchev–Trinajstić information content (AvgIpc) is 2.90. The van der Waals surface area contributed by atoms with Crippen LogP contribution in [0.5, 0.6) is 0 Å². The van der Waals surface area contributed by atoms with Crippen LogP contribution in [0.3, 0.4) is 0 Å². The van der Waals surface area contributed by atoms with E-state index in [0.717, 1.165) is 17.4 Å². The summed E-state index contributed by atoms with van der Waals surface area (Å²) >= 11 is 11.2. The van der Waals surface area contributed by atoms with Crippen LogP contribution in [-0.4, -0.2) is 22.3 Å². The molecule has 2 aromatic rings. The minimum absolute atomic E-state index is 0.0619. The second kappa shape index (κ2) is 5.47. The molecular formula is C14H12BrClN2OS. The molecule has 0 bridgehead atoms. The number of hydrogen-bond donors (Lipinski definition) is 0. The van der Waals surface area contributed by atoms with Crippen molar-refractivity contribution < 1.29 is 4.79 Å². The molecule has 0 aromatic carbocycles. The molecule has 0 fully saturated rings. The maximum absolute atomic E-state index is 12.7. The van der Waals surface area contributed by atoms with Crippen LogP contribution in [0.1, 0.15) is 33.8 Å². The largest absolute Gasteiger partial charge is 0.331 e. The first-order valence-corrected chi connectivity index (χ1v) is 8.31. The van der Waals surface area contributed by atoms with Crippen LogP contribution in [0.25, 0.3) is 0 Å². The summed E-state index contributed by atoms with van der Waals surface area (Å²) in [6, 6.07) is 3.91. The molecule has 1 unspecified atom stereocenters. The van der Waals surface area contributed by atoms with E-state index < -0.39 is 0 Å². The Labute approximate surface area is 134 Å². The van der Waals surface area contributed by atoms with Crippen molar-refractivity contribution in [1.29, 1.82) is 0 Å². The molecular weight excluding hydrogens is 360 g/mol. The standard InChI is InChI=1S/C14H12BrClN2OS/c1-8-10-3-5-20-12(10)2-4-18(8)14(19)11-6-9(15)7-17-13(11)16/h3,5-8H,2,4H2,1H3. The second-order valence-corrected chi connectivity index (χ2v) is 6.99. The van der Waals surface area contributed by atoms with E-state index in [1.54, 1.807) is 23.6 Å². The molecule has 1 atom stereocenters. The lowest BCUT2D eigenvalue weighted by Crippen LogP contribution is -2.38. The Hall–Kier alpha value is -0.910. The maximum Gasteiger partial charge on any atom is 0.257 e. The topological polar surface area (TPSA) is 33.2 Å². The molecule has 0 aliphatic carbocycles. The van der Waals surface area contributed by atoms with Crippen molar-refractivity contribution in [2.24, 2.45) is 0 Å². The summed E-state index contributed by atoms with van der Waals surface area (Å²) in [5, 5.41) is 2.34. The number of carbonyl (C=O) groups is 1. The van der Waals surface area contributed by atoms with E-state index in [2.05, 4.69) is 39.3 Å². The number of hydrogen-bond acceptors (Lipinski definition) is 3. The van der Waals surface area contributed by atoms with Gasteiger partial charge in [0.05, 0.1) is 11.6 Å². The lowest BCUT2D eigenvalue weighted by molar-refractivity contribution is 0.0679. The van der Waals surface area contributed by atoms with Gasteiger partial charge in [0.25, 0.3) is 5.91 Å². The Kier molecular flexibility index (Phi) is 3.84. The van der Waals surface area contributed by atoms with Crippen molar-refractivity contribution in [2.45, 2.75) is 19.4 Å². The van der Waals surface area contributed by atoms with Gasteiger partial charge in [0.1, 0.15) is 5.15 Å². The molecule has 1 aliphatic heterocycles. The normalized spacial score (nSPS) is 17.9. The van der Waals surface area contributed by atoms with Gasteiger partial charge >= 0.3 is 0 Å². The quantitative estimate of drug-likeness (QED) is 0.700. The van der Waals surface area contributed by atoms with E-state index in [0.29, 0.717) is 5.56 Å². The van der Waals surface area contributed by atoms with E-state index in [-0.39, 0.29) is 17.1 Å². The van der Waals surface area contributed by atoms with Gasteiger partial charge in [-0.25, -0.2) is 4.98 Å². The first-order valence-electron chi connectivity index (χ1n) is 6.26. The van der Waals surface area contributed by atoms with E-state index >= 15 is 0 Å². The predicted molar refractivity (Wildman–Crippen MR) is 84.4 cm³/mol. The fourth-order valence-corrected chi connectivity index (χ4v) is 3.99.